The van der Waals surface area contributed by atoms with E-state index in [9.17, 15) is 4.79 Å². The fraction of sp³-hybridized carbons (Fsp3) is 0.286. The zero-order chi connectivity index (χ0) is 18.1. The van der Waals surface area contributed by atoms with Crippen LogP contribution in [-0.2, 0) is 6.54 Å². The van der Waals surface area contributed by atoms with Gasteiger partial charge in [0.15, 0.2) is 0 Å². The molecule has 2 aromatic carbocycles. The molecule has 0 fully saturated rings. The van der Waals surface area contributed by atoms with Gasteiger partial charge in [0.25, 0.3) is 0 Å². The Hall–Kier alpha value is -2.75. The first kappa shape index (κ1) is 17.1. The van der Waals surface area contributed by atoms with Crippen LogP contribution in [0, 0.1) is 20.8 Å². The van der Waals surface area contributed by atoms with Crippen LogP contribution in [0.3, 0.4) is 0 Å². The zero-order valence-corrected chi connectivity index (χ0v) is 15.3. The third-order valence-electron chi connectivity index (χ3n) is 4.46. The molecule has 0 aliphatic heterocycles. The molecule has 4 nitrogen and oxygen atoms in total. The molecule has 1 aromatic heterocycles. The predicted octanol–water partition coefficient (Wildman–Crippen LogP) is 4.36. The summed E-state index contributed by atoms with van der Waals surface area (Å²) in [5, 5.41) is 0.896. The number of nitrogens with zero attached hydrogens (tertiary/aromatic N) is 1. The average molecular weight is 337 g/mol. The maximum atomic E-state index is 11.9. The van der Waals surface area contributed by atoms with Crippen molar-refractivity contribution in [3.05, 3.63) is 69.1 Å². The van der Waals surface area contributed by atoms with Gasteiger partial charge < -0.3 is 14.1 Å². The Bertz CT molecular complexity index is 965. The molecule has 0 N–H and O–H groups in total. The van der Waals surface area contributed by atoms with E-state index in [4.69, 9.17) is 9.15 Å². The highest BCUT2D eigenvalue weighted by molar-refractivity contribution is 5.82. The maximum Gasteiger partial charge on any atom is 0.336 e. The fourth-order valence-corrected chi connectivity index (χ4v) is 3.57. The van der Waals surface area contributed by atoms with E-state index in [0.717, 1.165) is 16.7 Å². The number of methoxy groups -OCH3 is 1. The van der Waals surface area contributed by atoms with Gasteiger partial charge in [-0.2, -0.15) is 0 Å². The maximum absolute atomic E-state index is 11.9. The third-order valence-corrected chi connectivity index (χ3v) is 4.46. The Morgan fingerprint density at radius 3 is 2.36 bits per heavy atom. The number of hydrogen-bond acceptors (Lipinski definition) is 4. The normalized spacial score (nSPS) is 10.9. The number of fused-ring (bicyclic) bond motifs is 1. The van der Waals surface area contributed by atoms with Gasteiger partial charge >= 0.3 is 5.63 Å². The van der Waals surface area contributed by atoms with E-state index >= 15 is 0 Å². The van der Waals surface area contributed by atoms with Crippen molar-refractivity contribution in [2.75, 3.05) is 19.1 Å². The first-order valence-corrected chi connectivity index (χ1v) is 8.29. The van der Waals surface area contributed by atoms with Gasteiger partial charge in [-0.05, 0) is 55.7 Å². The second kappa shape index (κ2) is 6.63. The molecule has 0 bridgehead atoms. The van der Waals surface area contributed by atoms with E-state index in [1.807, 2.05) is 13.1 Å². The minimum Gasteiger partial charge on any atom is -0.497 e. The summed E-state index contributed by atoms with van der Waals surface area (Å²) in [6, 6.07) is 11.4. The topological polar surface area (TPSA) is 42.7 Å². The predicted molar refractivity (Wildman–Crippen MR) is 102 cm³/mol. The van der Waals surface area contributed by atoms with Crippen molar-refractivity contribution in [3.63, 3.8) is 0 Å². The minimum atomic E-state index is -0.335. The van der Waals surface area contributed by atoms with Crippen LogP contribution in [0.25, 0.3) is 11.0 Å². The molecule has 0 atom stereocenters. The number of ether oxygens (including phenoxy) is 1. The lowest BCUT2D eigenvalue weighted by atomic mass is 10.0. The van der Waals surface area contributed by atoms with Gasteiger partial charge in [0, 0.05) is 30.7 Å². The molecule has 25 heavy (non-hydrogen) atoms. The first-order valence-electron chi connectivity index (χ1n) is 8.29. The van der Waals surface area contributed by atoms with Crippen molar-refractivity contribution in [3.8, 4) is 5.75 Å². The van der Waals surface area contributed by atoms with E-state index in [-0.39, 0.29) is 5.63 Å². The van der Waals surface area contributed by atoms with Gasteiger partial charge in [-0.15, -0.1) is 0 Å². The number of benzene rings is 2. The summed E-state index contributed by atoms with van der Waals surface area (Å²) >= 11 is 0. The molecule has 0 saturated heterocycles. The summed E-state index contributed by atoms with van der Waals surface area (Å²) in [7, 11) is 3.68. The molecule has 0 unspecified atom stereocenters. The van der Waals surface area contributed by atoms with Gasteiger partial charge in [-0.25, -0.2) is 4.79 Å². The van der Waals surface area contributed by atoms with Crippen LogP contribution in [0.5, 0.6) is 5.75 Å². The van der Waals surface area contributed by atoms with Crippen molar-refractivity contribution >= 4 is 16.7 Å². The highest BCUT2D eigenvalue weighted by Crippen LogP contribution is 2.29. The Morgan fingerprint density at radius 1 is 1.04 bits per heavy atom. The van der Waals surface area contributed by atoms with Gasteiger partial charge in [0.2, 0.25) is 0 Å². The van der Waals surface area contributed by atoms with Crippen LogP contribution < -0.4 is 15.3 Å². The van der Waals surface area contributed by atoms with Crippen LogP contribution in [0.15, 0.2) is 45.6 Å². The summed E-state index contributed by atoms with van der Waals surface area (Å²) in [5.41, 5.74) is 6.06. The van der Waals surface area contributed by atoms with Crippen LogP contribution in [0.4, 0.5) is 5.69 Å². The molecule has 0 aliphatic rings. The van der Waals surface area contributed by atoms with Gasteiger partial charge in [0.1, 0.15) is 11.3 Å². The lowest BCUT2D eigenvalue weighted by molar-refractivity contribution is 0.415. The lowest BCUT2D eigenvalue weighted by Gasteiger charge is -2.24. The Balaban J connectivity index is 2.07. The Kier molecular flexibility index (Phi) is 4.53. The summed E-state index contributed by atoms with van der Waals surface area (Å²) < 4.78 is 10.6. The largest absolute Gasteiger partial charge is 0.497 e. The van der Waals surface area contributed by atoms with Crippen molar-refractivity contribution in [2.24, 2.45) is 0 Å². The van der Waals surface area contributed by atoms with E-state index in [1.165, 1.54) is 22.4 Å². The van der Waals surface area contributed by atoms with Crippen molar-refractivity contribution in [2.45, 2.75) is 27.3 Å². The van der Waals surface area contributed by atoms with Crippen LogP contribution in [0.2, 0.25) is 0 Å². The van der Waals surface area contributed by atoms with E-state index < -0.39 is 0 Å². The highest BCUT2D eigenvalue weighted by Gasteiger charge is 2.13. The van der Waals surface area contributed by atoms with Crippen molar-refractivity contribution in [1.29, 1.82) is 0 Å². The molecule has 0 spiro atoms. The monoisotopic (exact) mass is 337 g/mol. The molecule has 0 aliphatic carbocycles. The summed E-state index contributed by atoms with van der Waals surface area (Å²) in [6.45, 7) is 6.95. The lowest BCUT2D eigenvalue weighted by Crippen LogP contribution is -2.20. The molecular formula is C21H23NO3. The number of aryl methyl sites for hydroxylation is 3. The van der Waals surface area contributed by atoms with Gasteiger partial charge in [-0.3, -0.25) is 0 Å². The standard InChI is InChI=1S/C21H23NO3/c1-13-8-14(2)21(15(3)9-13)22(4)12-16-10-20(23)25-19-7-6-17(24-5)11-18(16)19/h6-11H,12H2,1-5H3. The van der Waals surface area contributed by atoms with Crippen LogP contribution >= 0.6 is 0 Å². The zero-order valence-electron chi connectivity index (χ0n) is 15.3. The van der Waals surface area contributed by atoms with Gasteiger partial charge in [-0.1, -0.05) is 17.7 Å². The van der Waals surface area contributed by atoms with E-state index in [2.05, 4.69) is 37.8 Å². The molecule has 0 amide bonds. The Labute approximate surface area is 147 Å². The fourth-order valence-electron chi connectivity index (χ4n) is 3.57. The van der Waals surface area contributed by atoms with Crippen LogP contribution in [0.1, 0.15) is 22.3 Å². The Morgan fingerprint density at radius 2 is 1.72 bits per heavy atom. The molecule has 3 aromatic rings. The quantitative estimate of drug-likeness (QED) is 0.663. The number of hydrogen-bond donors (Lipinski definition) is 0. The summed E-state index contributed by atoms with van der Waals surface area (Å²) in [5.74, 6) is 0.743. The summed E-state index contributed by atoms with van der Waals surface area (Å²) in [6.07, 6.45) is 0. The van der Waals surface area contributed by atoms with Crippen LogP contribution in [-0.4, -0.2) is 14.2 Å². The average Bonchev–Trinajstić information content (AvgIpc) is 2.53. The number of rotatable bonds is 4. The smallest absolute Gasteiger partial charge is 0.336 e. The van der Waals surface area contributed by atoms with Crippen molar-refractivity contribution < 1.29 is 9.15 Å². The first-order chi connectivity index (χ1) is 11.9. The van der Waals surface area contributed by atoms with Gasteiger partial charge in [0.05, 0.1) is 7.11 Å². The van der Waals surface area contributed by atoms with E-state index in [1.54, 1.807) is 25.3 Å². The SMILES string of the molecule is COc1ccc2oc(=O)cc(CN(C)c3c(C)cc(C)cc3C)c2c1. The highest BCUT2D eigenvalue weighted by atomic mass is 16.5. The minimum absolute atomic E-state index is 0.335. The molecule has 130 valence electrons. The number of anilines is 1. The molecule has 0 saturated carbocycles. The van der Waals surface area contributed by atoms with E-state index in [0.29, 0.717) is 12.1 Å². The molecular weight excluding hydrogens is 314 g/mol. The molecule has 0 radical (unpaired) electrons. The summed E-state index contributed by atoms with van der Waals surface area (Å²) in [4.78, 5) is 14.1. The second-order valence-corrected chi connectivity index (χ2v) is 6.56. The third kappa shape index (κ3) is 3.38. The second-order valence-electron chi connectivity index (χ2n) is 6.56. The van der Waals surface area contributed by atoms with Crippen molar-refractivity contribution in [1.82, 2.24) is 0 Å². The molecule has 1 heterocycles. The molecule has 3 rings (SSSR count). The molecule has 4 heteroatoms.